The van der Waals surface area contributed by atoms with Crippen LogP contribution in [0.3, 0.4) is 0 Å². The molecule has 0 fully saturated rings. The number of nitrogens with one attached hydrogen (secondary N) is 2. The van der Waals surface area contributed by atoms with E-state index in [1.165, 1.54) is 25.3 Å². The van der Waals surface area contributed by atoms with E-state index in [0.717, 1.165) is 12.1 Å². The summed E-state index contributed by atoms with van der Waals surface area (Å²) in [5, 5.41) is 15.0. The number of aromatic nitrogens is 1. The zero-order chi connectivity index (χ0) is 17.7. The van der Waals surface area contributed by atoms with Crippen LogP contribution in [0.5, 0.6) is 0 Å². The smallest absolute Gasteiger partial charge is 0.339 e. The minimum Gasteiger partial charge on any atom is -0.478 e. The number of aromatic carboxylic acids is 1. The Morgan fingerprint density at radius 2 is 1.88 bits per heavy atom. The molecule has 1 aromatic heterocycles. The van der Waals surface area contributed by atoms with E-state index in [2.05, 4.69) is 20.8 Å². The molecule has 0 unspecified atom stereocenters. The molecule has 0 radical (unpaired) electrons. The Kier molecular flexibility index (Phi) is 5.15. The highest BCUT2D eigenvalue weighted by Gasteiger charge is 2.13. The van der Waals surface area contributed by atoms with Crippen LogP contribution >= 0.6 is 0 Å². The van der Waals surface area contributed by atoms with Gasteiger partial charge in [-0.15, -0.1) is 0 Å². The van der Waals surface area contributed by atoms with Gasteiger partial charge in [0.15, 0.2) is 0 Å². The Bertz CT molecular complexity index is 804. The third-order valence-corrected chi connectivity index (χ3v) is 2.83. The second-order valence-corrected chi connectivity index (χ2v) is 4.63. The average Bonchev–Trinajstić information content (AvgIpc) is 2.51. The number of anilines is 1. The number of hydrazone groups is 1. The molecule has 0 atom stereocenters. The standard InChI is InChI=1S/C15H12F2N4O3/c1-8(13-12(14(22)23)3-2-4-18-13)20-21-15(24)19-11-6-9(16)5-10(17)7-11/h2-7H,1H3,(H,22,23)(H2,19,21,24)/b20-8-. The van der Waals surface area contributed by atoms with Crippen LogP contribution in [0.2, 0.25) is 0 Å². The number of pyridine rings is 1. The van der Waals surface area contributed by atoms with Gasteiger partial charge in [0.1, 0.15) is 17.3 Å². The van der Waals surface area contributed by atoms with Gasteiger partial charge in [0, 0.05) is 18.0 Å². The Balaban J connectivity index is 2.10. The number of benzene rings is 1. The van der Waals surface area contributed by atoms with Gasteiger partial charge < -0.3 is 10.4 Å². The quantitative estimate of drug-likeness (QED) is 0.590. The fraction of sp³-hybridized carbons (Fsp3) is 0.0667. The number of urea groups is 1. The second kappa shape index (κ2) is 7.27. The maximum atomic E-state index is 13.0. The normalized spacial score (nSPS) is 11.0. The van der Waals surface area contributed by atoms with E-state index >= 15 is 0 Å². The number of rotatable bonds is 4. The van der Waals surface area contributed by atoms with Gasteiger partial charge in [-0.1, -0.05) is 0 Å². The summed E-state index contributed by atoms with van der Waals surface area (Å²) in [5.74, 6) is -2.87. The zero-order valence-electron chi connectivity index (χ0n) is 12.4. The van der Waals surface area contributed by atoms with Gasteiger partial charge in [-0.3, -0.25) is 4.98 Å². The first kappa shape index (κ1) is 17.0. The van der Waals surface area contributed by atoms with E-state index < -0.39 is 23.6 Å². The Morgan fingerprint density at radius 1 is 1.21 bits per heavy atom. The van der Waals surface area contributed by atoms with Gasteiger partial charge in [-0.25, -0.2) is 23.8 Å². The molecule has 0 aliphatic carbocycles. The Hall–Kier alpha value is -3.36. The van der Waals surface area contributed by atoms with Crippen LogP contribution < -0.4 is 10.7 Å². The van der Waals surface area contributed by atoms with Crippen molar-refractivity contribution in [1.82, 2.24) is 10.4 Å². The molecule has 1 aromatic carbocycles. The second-order valence-electron chi connectivity index (χ2n) is 4.63. The van der Waals surface area contributed by atoms with Crippen molar-refractivity contribution in [1.29, 1.82) is 0 Å². The highest BCUT2D eigenvalue weighted by atomic mass is 19.1. The lowest BCUT2D eigenvalue weighted by Crippen LogP contribution is -2.26. The van der Waals surface area contributed by atoms with Crippen molar-refractivity contribution in [2.45, 2.75) is 6.92 Å². The van der Waals surface area contributed by atoms with Crippen molar-refractivity contribution in [3.05, 3.63) is 59.4 Å². The van der Waals surface area contributed by atoms with E-state index in [1.54, 1.807) is 0 Å². The average molecular weight is 334 g/mol. The summed E-state index contributed by atoms with van der Waals surface area (Å²) >= 11 is 0. The number of halogens is 2. The first-order valence-corrected chi connectivity index (χ1v) is 6.63. The van der Waals surface area contributed by atoms with Crippen molar-refractivity contribution < 1.29 is 23.5 Å². The lowest BCUT2D eigenvalue weighted by molar-refractivity contribution is 0.0696. The minimum absolute atomic E-state index is 0.0758. The molecule has 3 N–H and O–H groups in total. The molecule has 0 aliphatic heterocycles. The first-order valence-electron chi connectivity index (χ1n) is 6.63. The van der Waals surface area contributed by atoms with E-state index in [4.69, 9.17) is 5.11 Å². The number of carbonyl (C=O) groups is 2. The maximum absolute atomic E-state index is 13.0. The molecule has 0 saturated carbocycles. The summed E-state index contributed by atoms with van der Waals surface area (Å²) in [4.78, 5) is 26.7. The highest BCUT2D eigenvalue weighted by Crippen LogP contribution is 2.12. The summed E-state index contributed by atoms with van der Waals surface area (Å²) < 4.78 is 26.1. The van der Waals surface area contributed by atoms with Crippen LogP contribution in [0.25, 0.3) is 0 Å². The largest absolute Gasteiger partial charge is 0.478 e. The van der Waals surface area contributed by atoms with Crippen molar-refractivity contribution in [3.63, 3.8) is 0 Å². The van der Waals surface area contributed by atoms with Crippen LogP contribution in [0.4, 0.5) is 19.3 Å². The van der Waals surface area contributed by atoms with Crippen molar-refractivity contribution in [2.24, 2.45) is 5.10 Å². The Labute approximate surface area is 135 Å². The lowest BCUT2D eigenvalue weighted by Gasteiger charge is -2.07. The van der Waals surface area contributed by atoms with Crippen LogP contribution in [-0.4, -0.2) is 27.8 Å². The van der Waals surface area contributed by atoms with Gasteiger partial charge in [-0.05, 0) is 31.2 Å². The number of amides is 2. The van der Waals surface area contributed by atoms with E-state index in [-0.39, 0.29) is 22.7 Å². The fourth-order valence-corrected chi connectivity index (χ4v) is 1.84. The summed E-state index contributed by atoms with van der Waals surface area (Å²) in [6, 6.07) is 4.48. The van der Waals surface area contributed by atoms with Gasteiger partial charge >= 0.3 is 12.0 Å². The minimum atomic E-state index is -1.19. The van der Waals surface area contributed by atoms with E-state index in [1.807, 2.05) is 0 Å². The van der Waals surface area contributed by atoms with Gasteiger partial charge in [0.25, 0.3) is 0 Å². The van der Waals surface area contributed by atoms with Crippen LogP contribution in [0.15, 0.2) is 41.6 Å². The third-order valence-electron chi connectivity index (χ3n) is 2.83. The number of hydrogen-bond acceptors (Lipinski definition) is 4. The number of nitrogens with zero attached hydrogens (tertiary/aromatic N) is 2. The molecule has 2 amide bonds. The molecular formula is C15H12F2N4O3. The van der Waals surface area contributed by atoms with Crippen molar-refractivity contribution in [3.8, 4) is 0 Å². The fourth-order valence-electron chi connectivity index (χ4n) is 1.84. The number of carbonyl (C=O) groups excluding carboxylic acids is 1. The van der Waals surface area contributed by atoms with Gasteiger partial charge in [-0.2, -0.15) is 5.10 Å². The topological polar surface area (TPSA) is 104 Å². The predicted molar refractivity (Wildman–Crippen MR) is 81.9 cm³/mol. The van der Waals surface area contributed by atoms with Crippen LogP contribution in [0.1, 0.15) is 23.0 Å². The SMILES string of the molecule is C/C(=N/NC(=O)Nc1cc(F)cc(F)c1)c1ncccc1C(=O)O. The number of carboxylic acid groups (broad SMARTS) is 1. The predicted octanol–water partition coefficient (Wildman–Crippen LogP) is 2.60. The molecule has 2 rings (SSSR count). The molecule has 9 heteroatoms. The van der Waals surface area contributed by atoms with E-state index in [0.29, 0.717) is 6.07 Å². The zero-order valence-corrected chi connectivity index (χ0v) is 12.4. The van der Waals surface area contributed by atoms with Gasteiger partial charge in [0.05, 0.1) is 11.3 Å². The molecule has 2 aromatic rings. The van der Waals surface area contributed by atoms with E-state index in [9.17, 15) is 18.4 Å². The molecule has 124 valence electrons. The highest BCUT2D eigenvalue weighted by molar-refractivity contribution is 6.06. The number of hydrogen-bond donors (Lipinski definition) is 3. The first-order chi connectivity index (χ1) is 11.4. The molecule has 24 heavy (non-hydrogen) atoms. The lowest BCUT2D eigenvalue weighted by atomic mass is 10.1. The molecule has 0 aliphatic rings. The summed E-state index contributed by atoms with van der Waals surface area (Å²) in [5.41, 5.74) is 2.16. The Morgan fingerprint density at radius 3 is 2.50 bits per heavy atom. The van der Waals surface area contributed by atoms with Gasteiger partial charge in [0.2, 0.25) is 0 Å². The number of carboxylic acids is 1. The monoisotopic (exact) mass is 334 g/mol. The molecule has 7 nitrogen and oxygen atoms in total. The van der Waals surface area contributed by atoms with Crippen molar-refractivity contribution >= 4 is 23.4 Å². The van der Waals surface area contributed by atoms with Crippen LogP contribution in [0, 0.1) is 11.6 Å². The third kappa shape index (κ3) is 4.32. The summed E-state index contributed by atoms with van der Waals surface area (Å²) in [7, 11) is 0. The maximum Gasteiger partial charge on any atom is 0.339 e. The molecule has 0 bridgehead atoms. The summed E-state index contributed by atoms with van der Waals surface area (Å²) in [6.45, 7) is 1.46. The van der Waals surface area contributed by atoms with Crippen molar-refractivity contribution in [2.75, 3.05) is 5.32 Å². The molecule has 0 saturated heterocycles. The molecular weight excluding hydrogens is 322 g/mol. The van der Waals surface area contributed by atoms with Crippen LogP contribution in [-0.2, 0) is 0 Å². The molecule has 0 spiro atoms. The molecule has 1 heterocycles. The summed E-state index contributed by atoms with van der Waals surface area (Å²) in [6.07, 6.45) is 1.39.